The van der Waals surface area contributed by atoms with Gasteiger partial charge >= 0.3 is 0 Å². The zero-order valence-corrected chi connectivity index (χ0v) is 22.0. The van der Waals surface area contributed by atoms with E-state index in [0.717, 1.165) is 16.3 Å². The quantitative estimate of drug-likeness (QED) is 0.146. The lowest BCUT2D eigenvalue weighted by Gasteiger charge is -2.18. The average Bonchev–Trinajstić information content (AvgIpc) is 2.93. The van der Waals surface area contributed by atoms with Crippen LogP contribution in [0.2, 0.25) is 0 Å². The van der Waals surface area contributed by atoms with Crippen molar-refractivity contribution < 1.29 is 0 Å². The Kier molecular flexibility index (Phi) is 6.20. The second-order valence-corrected chi connectivity index (χ2v) is 10.8. The third-order valence-corrected chi connectivity index (χ3v) is 8.22. The molecule has 0 aromatic heterocycles. The summed E-state index contributed by atoms with van der Waals surface area (Å²) >= 11 is 1.80. The van der Waals surface area contributed by atoms with Crippen molar-refractivity contribution in [2.45, 2.75) is 24.5 Å². The van der Waals surface area contributed by atoms with Crippen molar-refractivity contribution >= 4 is 39.0 Å². The van der Waals surface area contributed by atoms with E-state index in [1.165, 1.54) is 60.5 Å². The summed E-state index contributed by atoms with van der Waals surface area (Å²) in [6.07, 6.45) is 0. The molecule has 0 radical (unpaired) electrons. The fraction of sp³-hybridized carbons (Fsp3) is 0.0857. The van der Waals surface area contributed by atoms with Crippen LogP contribution in [0, 0.1) is 13.8 Å². The first-order chi connectivity index (χ1) is 18.1. The topological polar surface area (TPSA) is 26.0 Å². The highest BCUT2D eigenvalue weighted by Gasteiger charge is 2.16. The highest BCUT2D eigenvalue weighted by Crippen LogP contribution is 2.43. The van der Waals surface area contributed by atoms with Gasteiger partial charge < -0.3 is 5.73 Å². The van der Waals surface area contributed by atoms with Gasteiger partial charge in [0, 0.05) is 16.3 Å². The Morgan fingerprint density at radius 1 is 0.541 bits per heavy atom. The monoisotopic (exact) mass is 495 g/mol. The molecule has 0 saturated carbocycles. The van der Waals surface area contributed by atoms with Gasteiger partial charge in [0.2, 0.25) is 0 Å². The lowest BCUT2D eigenvalue weighted by Crippen LogP contribution is -1.92. The van der Waals surface area contributed by atoms with E-state index >= 15 is 0 Å². The summed E-state index contributed by atoms with van der Waals surface area (Å²) < 4.78 is 0. The molecule has 0 aliphatic carbocycles. The van der Waals surface area contributed by atoms with E-state index < -0.39 is 0 Å². The molecule has 0 spiro atoms. The Morgan fingerprint density at radius 3 is 1.51 bits per heavy atom. The van der Waals surface area contributed by atoms with Crippen LogP contribution in [0.5, 0.6) is 0 Å². The molecular formula is C35H29NS. The Labute approximate surface area is 223 Å². The average molecular weight is 496 g/mol. The molecule has 6 rings (SSSR count). The van der Waals surface area contributed by atoms with E-state index in [1.54, 1.807) is 11.8 Å². The normalized spacial score (nSPS) is 11.3. The molecule has 2 N–H and O–H groups in total. The van der Waals surface area contributed by atoms with Crippen LogP contribution in [0.4, 0.5) is 5.69 Å². The second kappa shape index (κ2) is 9.80. The lowest BCUT2D eigenvalue weighted by atomic mass is 9.86. The number of nitrogens with two attached hydrogens (primary N) is 1. The number of fused-ring (bicyclic) bond motifs is 2. The predicted octanol–water partition coefficient (Wildman–Crippen LogP) is 9.82. The molecule has 0 saturated heterocycles. The van der Waals surface area contributed by atoms with Gasteiger partial charge in [-0.05, 0) is 80.9 Å². The number of rotatable bonds is 5. The minimum absolute atomic E-state index is 0.846. The summed E-state index contributed by atoms with van der Waals surface area (Å²) in [5.74, 6) is 0.891. The first-order valence-corrected chi connectivity index (χ1v) is 13.7. The number of hydrogen-bond acceptors (Lipinski definition) is 2. The molecule has 6 aromatic carbocycles. The molecule has 1 nitrogen and oxygen atoms in total. The summed E-state index contributed by atoms with van der Waals surface area (Å²) in [6.45, 7) is 4.25. The van der Waals surface area contributed by atoms with Gasteiger partial charge in [0.1, 0.15) is 0 Å². The van der Waals surface area contributed by atoms with Gasteiger partial charge in [-0.25, -0.2) is 0 Å². The molecule has 0 atom stereocenters. The van der Waals surface area contributed by atoms with Gasteiger partial charge in [0.15, 0.2) is 0 Å². The first-order valence-electron chi connectivity index (χ1n) is 12.7. The summed E-state index contributed by atoms with van der Waals surface area (Å²) in [5, 5.41) is 5.14. The van der Waals surface area contributed by atoms with Crippen LogP contribution in [0.15, 0.2) is 120 Å². The Morgan fingerprint density at radius 2 is 1.00 bits per heavy atom. The number of benzene rings is 6. The Bertz CT molecular complexity index is 1670. The summed E-state index contributed by atoms with van der Waals surface area (Å²) in [7, 11) is 0. The van der Waals surface area contributed by atoms with E-state index in [9.17, 15) is 0 Å². The third kappa shape index (κ3) is 4.50. The van der Waals surface area contributed by atoms with E-state index in [0.29, 0.717) is 0 Å². The smallest absolute Gasteiger partial charge is 0.0452 e. The van der Waals surface area contributed by atoms with Crippen LogP contribution >= 0.6 is 11.8 Å². The van der Waals surface area contributed by atoms with Crippen LogP contribution in [0.25, 0.3) is 43.8 Å². The van der Waals surface area contributed by atoms with Crippen molar-refractivity contribution in [1.82, 2.24) is 0 Å². The van der Waals surface area contributed by atoms with Gasteiger partial charge in [0.25, 0.3) is 0 Å². The number of thioether (sulfide) groups is 1. The minimum atomic E-state index is 0.846. The maximum Gasteiger partial charge on any atom is 0.0452 e. The van der Waals surface area contributed by atoms with Crippen molar-refractivity contribution in [3.8, 4) is 22.3 Å². The van der Waals surface area contributed by atoms with Crippen molar-refractivity contribution in [2.24, 2.45) is 0 Å². The SMILES string of the molecule is Cc1ccc(-c2c3ccccc3c(-c3ccc(CSc4cc(C)ccc4N)cc3)c3ccccc23)cc1. The zero-order valence-electron chi connectivity index (χ0n) is 21.2. The van der Waals surface area contributed by atoms with Crippen LogP contribution in [-0.2, 0) is 5.75 Å². The van der Waals surface area contributed by atoms with Gasteiger partial charge in [-0.1, -0.05) is 109 Å². The highest BCUT2D eigenvalue weighted by molar-refractivity contribution is 7.98. The molecular weight excluding hydrogens is 466 g/mol. The number of anilines is 1. The molecule has 0 aliphatic rings. The second-order valence-electron chi connectivity index (χ2n) is 9.73. The molecule has 37 heavy (non-hydrogen) atoms. The van der Waals surface area contributed by atoms with Crippen molar-refractivity contribution in [2.75, 3.05) is 5.73 Å². The van der Waals surface area contributed by atoms with Gasteiger partial charge in [0.05, 0.1) is 0 Å². The Balaban J connectivity index is 1.45. The van der Waals surface area contributed by atoms with Gasteiger partial charge in [-0.2, -0.15) is 0 Å². The van der Waals surface area contributed by atoms with Crippen LogP contribution < -0.4 is 5.73 Å². The summed E-state index contributed by atoms with van der Waals surface area (Å²) in [6, 6.07) is 41.8. The summed E-state index contributed by atoms with van der Waals surface area (Å²) in [4.78, 5) is 1.15. The highest BCUT2D eigenvalue weighted by atomic mass is 32.2. The molecule has 180 valence electrons. The van der Waals surface area contributed by atoms with Gasteiger partial charge in [-0.15, -0.1) is 11.8 Å². The standard InChI is InChI=1S/C35H29NS/c1-23-11-16-26(17-12-23)34-28-7-3-5-9-30(28)35(31-10-6-4-8-29(31)34)27-18-14-25(15-19-27)22-37-33-21-24(2)13-20-32(33)36/h3-21H,22,36H2,1-2H3. The lowest BCUT2D eigenvalue weighted by molar-refractivity contribution is 1.34. The molecule has 6 aromatic rings. The molecule has 0 heterocycles. The van der Waals surface area contributed by atoms with Crippen molar-refractivity contribution in [3.63, 3.8) is 0 Å². The van der Waals surface area contributed by atoms with E-state index in [-0.39, 0.29) is 0 Å². The van der Waals surface area contributed by atoms with Crippen LogP contribution in [0.3, 0.4) is 0 Å². The molecule has 0 unspecified atom stereocenters. The van der Waals surface area contributed by atoms with E-state index in [2.05, 4.69) is 123 Å². The number of aryl methyl sites for hydroxylation is 2. The molecule has 2 heteroatoms. The zero-order chi connectivity index (χ0) is 25.4. The van der Waals surface area contributed by atoms with Gasteiger partial charge in [-0.3, -0.25) is 0 Å². The first kappa shape index (κ1) is 23.4. The van der Waals surface area contributed by atoms with E-state index in [1.807, 2.05) is 6.07 Å². The Hall–Kier alpha value is -4.01. The summed E-state index contributed by atoms with van der Waals surface area (Å²) in [5.41, 5.74) is 15.9. The van der Waals surface area contributed by atoms with Crippen molar-refractivity contribution in [1.29, 1.82) is 0 Å². The number of nitrogen functional groups attached to an aromatic ring is 1. The predicted molar refractivity (Wildman–Crippen MR) is 162 cm³/mol. The molecule has 0 aliphatic heterocycles. The number of hydrogen-bond donors (Lipinski definition) is 1. The minimum Gasteiger partial charge on any atom is -0.398 e. The largest absolute Gasteiger partial charge is 0.398 e. The van der Waals surface area contributed by atoms with Crippen LogP contribution in [0.1, 0.15) is 16.7 Å². The maximum absolute atomic E-state index is 6.20. The fourth-order valence-corrected chi connectivity index (χ4v) is 6.18. The molecule has 0 fully saturated rings. The van der Waals surface area contributed by atoms with E-state index in [4.69, 9.17) is 5.73 Å². The fourth-order valence-electron chi connectivity index (χ4n) is 5.17. The third-order valence-electron chi connectivity index (χ3n) is 7.08. The molecule has 0 amide bonds. The molecule has 0 bridgehead atoms. The van der Waals surface area contributed by atoms with Crippen molar-refractivity contribution in [3.05, 3.63) is 132 Å². The van der Waals surface area contributed by atoms with Crippen LogP contribution in [-0.4, -0.2) is 0 Å². The maximum atomic E-state index is 6.20.